The highest BCUT2D eigenvalue weighted by Crippen LogP contribution is 2.37. The number of hydrogen-bond acceptors (Lipinski definition) is 5. The number of ketones is 1. The van der Waals surface area contributed by atoms with Gasteiger partial charge in [0.2, 0.25) is 0 Å². The molecule has 8 heteroatoms. The fraction of sp³-hybridized carbons (Fsp3) is 0.450. The molecule has 3 rings (SSSR count). The molecule has 1 saturated carbocycles. The zero-order valence-corrected chi connectivity index (χ0v) is 16.3. The number of nitrogens with zero attached hydrogens (tertiary/aromatic N) is 1. The van der Waals surface area contributed by atoms with E-state index in [1.165, 1.54) is 35.6 Å². The van der Waals surface area contributed by atoms with Gasteiger partial charge in [0.25, 0.3) is 0 Å². The molecule has 3 atom stereocenters. The number of aldehydes is 1. The summed E-state index contributed by atoms with van der Waals surface area (Å²) in [7, 11) is 0. The van der Waals surface area contributed by atoms with E-state index in [1.54, 1.807) is 6.92 Å². The Kier molecular flexibility index (Phi) is 5.88. The molecule has 1 aliphatic rings. The van der Waals surface area contributed by atoms with Gasteiger partial charge in [-0.3, -0.25) is 4.79 Å². The summed E-state index contributed by atoms with van der Waals surface area (Å²) in [5, 5.41) is 0.547. The summed E-state index contributed by atoms with van der Waals surface area (Å²) in [6.45, 7) is 3.89. The number of benzene rings is 1. The zero-order chi connectivity index (χ0) is 20.5. The van der Waals surface area contributed by atoms with Crippen molar-refractivity contribution in [3.63, 3.8) is 0 Å². The Morgan fingerprint density at radius 2 is 1.96 bits per heavy atom. The van der Waals surface area contributed by atoms with Crippen LogP contribution in [0.3, 0.4) is 0 Å². The summed E-state index contributed by atoms with van der Waals surface area (Å²) in [6, 6.07) is 5.36. The number of ether oxygens (including phenoxy) is 1. The first kappa shape index (κ1) is 20.5. The van der Waals surface area contributed by atoms with Crippen LogP contribution in [0.15, 0.2) is 24.3 Å². The molecule has 0 saturated heterocycles. The molecular weight excluding hydrogens is 391 g/mol. The minimum atomic E-state index is -4.75. The molecule has 0 spiro atoms. The molecule has 1 fully saturated rings. The van der Waals surface area contributed by atoms with Gasteiger partial charge in [-0.25, -0.2) is 4.98 Å². The highest BCUT2D eigenvalue weighted by atomic mass is 32.1. The molecule has 28 heavy (non-hydrogen) atoms. The molecule has 1 aliphatic carbocycles. The fourth-order valence-electron chi connectivity index (χ4n) is 3.61. The Hall–Kier alpha value is -2.22. The number of aromatic nitrogens is 1. The van der Waals surface area contributed by atoms with Crippen molar-refractivity contribution in [3.05, 3.63) is 34.8 Å². The lowest BCUT2D eigenvalue weighted by Gasteiger charge is -2.13. The van der Waals surface area contributed by atoms with Gasteiger partial charge in [-0.1, -0.05) is 6.92 Å². The molecule has 0 amide bonds. The third-order valence-corrected chi connectivity index (χ3v) is 6.04. The van der Waals surface area contributed by atoms with Crippen molar-refractivity contribution in [3.8, 4) is 16.3 Å². The lowest BCUT2D eigenvalue weighted by Crippen LogP contribution is -2.22. The fourth-order valence-corrected chi connectivity index (χ4v) is 4.57. The molecule has 1 aromatic carbocycles. The summed E-state index contributed by atoms with van der Waals surface area (Å²) in [5.74, 6) is -0.943. The predicted octanol–water partition coefficient (Wildman–Crippen LogP) is 5.30. The van der Waals surface area contributed by atoms with E-state index in [0.29, 0.717) is 28.5 Å². The van der Waals surface area contributed by atoms with E-state index >= 15 is 0 Å². The maximum Gasteiger partial charge on any atom is 0.573 e. The molecule has 1 aromatic heterocycles. The van der Waals surface area contributed by atoms with Crippen LogP contribution in [0.4, 0.5) is 13.2 Å². The maximum absolute atomic E-state index is 12.8. The lowest BCUT2D eigenvalue weighted by molar-refractivity contribution is -0.274. The van der Waals surface area contributed by atoms with Crippen LogP contribution >= 0.6 is 11.3 Å². The standard InChI is InChI=1S/C20H20F3NO3S/c1-11-3-4-14(9-11)18(26)16(10-25)17-12(2)28-19(24-17)13-5-7-15(8-6-13)27-20(21,22)23/h5-8,10-11,14,16H,3-4,9H2,1-2H3. The van der Waals surface area contributed by atoms with Crippen LogP contribution < -0.4 is 4.74 Å². The Morgan fingerprint density at radius 1 is 1.29 bits per heavy atom. The van der Waals surface area contributed by atoms with Crippen molar-refractivity contribution in [2.75, 3.05) is 0 Å². The van der Waals surface area contributed by atoms with Crippen LogP contribution in [-0.4, -0.2) is 23.4 Å². The molecule has 4 nitrogen and oxygen atoms in total. The molecule has 3 unspecified atom stereocenters. The number of rotatable bonds is 6. The topological polar surface area (TPSA) is 56.3 Å². The van der Waals surface area contributed by atoms with Gasteiger partial charge in [-0.15, -0.1) is 24.5 Å². The maximum atomic E-state index is 12.8. The number of halogens is 3. The molecule has 1 heterocycles. The molecule has 0 N–H and O–H groups in total. The van der Waals surface area contributed by atoms with Gasteiger partial charge in [0.1, 0.15) is 23.0 Å². The minimum Gasteiger partial charge on any atom is -0.406 e. The average Bonchev–Trinajstić information content (AvgIpc) is 3.21. The van der Waals surface area contributed by atoms with Crippen LogP contribution in [0.2, 0.25) is 0 Å². The van der Waals surface area contributed by atoms with E-state index in [9.17, 15) is 22.8 Å². The van der Waals surface area contributed by atoms with E-state index in [1.807, 2.05) is 0 Å². The van der Waals surface area contributed by atoms with Gasteiger partial charge in [0.05, 0.1) is 5.69 Å². The molecule has 0 aliphatic heterocycles. The van der Waals surface area contributed by atoms with Crippen LogP contribution in [-0.2, 0) is 9.59 Å². The van der Waals surface area contributed by atoms with Gasteiger partial charge in [-0.05, 0) is 56.4 Å². The highest BCUT2D eigenvalue weighted by Gasteiger charge is 2.35. The van der Waals surface area contributed by atoms with E-state index in [-0.39, 0.29) is 17.5 Å². The minimum absolute atomic E-state index is 0.0896. The number of aryl methyl sites for hydroxylation is 1. The largest absolute Gasteiger partial charge is 0.573 e. The summed E-state index contributed by atoms with van der Waals surface area (Å²) in [4.78, 5) is 29.7. The Bertz CT molecular complexity index is 861. The first-order chi connectivity index (χ1) is 13.2. The Balaban J connectivity index is 1.82. The molecule has 0 bridgehead atoms. The second-order valence-corrected chi connectivity index (χ2v) is 8.37. The van der Waals surface area contributed by atoms with E-state index in [0.717, 1.165) is 24.1 Å². The van der Waals surface area contributed by atoms with Crippen molar-refractivity contribution in [2.24, 2.45) is 11.8 Å². The molecule has 0 radical (unpaired) electrons. The van der Waals surface area contributed by atoms with Crippen LogP contribution in [0.25, 0.3) is 10.6 Å². The summed E-state index contributed by atoms with van der Waals surface area (Å²) < 4.78 is 40.7. The number of alkyl halides is 3. The Morgan fingerprint density at radius 3 is 2.50 bits per heavy atom. The normalized spacial score (nSPS) is 20.8. The number of carbonyl (C=O) groups excluding carboxylic acids is 2. The number of thiazole rings is 1. The Labute approximate surface area is 164 Å². The van der Waals surface area contributed by atoms with Gasteiger partial charge in [-0.2, -0.15) is 0 Å². The molecule has 2 aromatic rings. The molecular formula is C20H20F3NO3S. The second-order valence-electron chi connectivity index (χ2n) is 7.16. The summed E-state index contributed by atoms with van der Waals surface area (Å²) >= 11 is 1.31. The van der Waals surface area contributed by atoms with E-state index in [4.69, 9.17) is 0 Å². The first-order valence-corrected chi connectivity index (χ1v) is 9.82. The van der Waals surface area contributed by atoms with Crippen molar-refractivity contribution in [1.29, 1.82) is 0 Å². The lowest BCUT2D eigenvalue weighted by atomic mass is 9.89. The van der Waals surface area contributed by atoms with Crippen LogP contribution in [0, 0.1) is 18.8 Å². The second kappa shape index (κ2) is 8.03. The van der Waals surface area contributed by atoms with Gasteiger partial charge in [0.15, 0.2) is 5.78 Å². The van der Waals surface area contributed by atoms with Crippen LogP contribution in [0.1, 0.15) is 42.7 Å². The third-order valence-electron chi connectivity index (χ3n) is 5.00. The average molecular weight is 411 g/mol. The first-order valence-electron chi connectivity index (χ1n) is 9.00. The number of hydrogen-bond donors (Lipinski definition) is 0. The van der Waals surface area contributed by atoms with Gasteiger partial charge in [0, 0.05) is 16.4 Å². The highest BCUT2D eigenvalue weighted by molar-refractivity contribution is 7.15. The van der Waals surface area contributed by atoms with Gasteiger partial charge >= 0.3 is 6.36 Å². The van der Waals surface area contributed by atoms with Crippen LogP contribution in [0.5, 0.6) is 5.75 Å². The SMILES string of the molecule is Cc1sc(-c2ccc(OC(F)(F)F)cc2)nc1C(C=O)C(=O)C1CCC(C)C1. The van der Waals surface area contributed by atoms with E-state index in [2.05, 4.69) is 16.6 Å². The number of Topliss-reactive ketones (excluding diaryl/α,β-unsaturated/α-hetero) is 1. The predicted molar refractivity (Wildman–Crippen MR) is 99.3 cm³/mol. The third kappa shape index (κ3) is 4.60. The summed E-state index contributed by atoms with van der Waals surface area (Å²) in [5.41, 5.74) is 1.04. The smallest absolute Gasteiger partial charge is 0.406 e. The van der Waals surface area contributed by atoms with E-state index < -0.39 is 12.3 Å². The van der Waals surface area contributed by atoms with Crippen molar-refractivity contribution in [2.45, 2.75) is 45.4 Å². The van der Waals surface area contributed by atoms with Crippen molar-refractivity contribution in [1.82, 2.24) is 4.98 Å². The quantitative estimate of drug-likeness (QED) is 0.478. The van der Waals surface area contributed by atoms with Crippen molar-refractivity contribution >= 4 is 23.4 Å². The summed E-state index contributed by atoms with van der Waals surface area (Å²) in [6.07, 6.45) is -1.53. The van der Waals surface area contributed by atoms with Gasteiger partial charge < -0.3 is 9.53 Å². The number of carbonyl (C=O) groups is 2. The molecule has 150 valence electrons. The van der Waals surface area contributed by atoms with Crippen molar-refractivity contribution < 1.29 is 27.5 Å². The zero-order valence-electron chi connectivity index (χ0n) is 15.5. The monoisotopic (exact) mass is 411 g/mol.